The molecule has 188 valence electrons. The third-order valence-corrected chi connectivity index (χ3v) is 6.76. The van der Waals surface area contributed by atoms with Crippen LogP contribution in [0.4, 0.5) is 0 Å². The van der Waals surface area contributed by atoms with Crippen LogP contribution in [0, 0.1) is 0 Å². The molecule has 3 aromatic carbocycles. The van der Waals surface area contributed by atoms with Crippen LogP contribution in [0.5, 0.6) is 11.5 Å². The molecule has 3 aromatic rings. The van der Waals surface area contributed by atoms with Gasteiger partial charge in [0.05, 0.1) is 10.0 Å². The number of halogens is 2. The van der Waals surface area contributed by atoms with Crippen molar-refractivity contribution in [3.05, 3.63) is 93.5 Å². The molecule has 1 N–H and O–H groups in total. The number of fused-ring (bicyclic) bond motifs is 1. The first kappa shape index (κ1) is 25.9. The summed E-state index contributed by atoms with van der Waals surface area (Å²) in [6.07, 6.45) is 1.12. The largest absolute Gasteiger partial charge is 0.454 e. The Morgan fingerprint density at radius 3 is 2.42 bits per heavy atom. The van der Waals surface area contributed by atoms with E-state index in [1.165, 1.54) is 0 Å². The topological polar surface area (TPSA) is 67.9 Å². The van der Waals surface area contributed by atoms with Crippen LogP contribution in [0.25, 0.3) is 0 Å². The fourth-order valence-electron chi connectivity index (χ4n) is 4.17. The van der Waals surface area contributed by atoms with E-state index in [0.29, 0.717) is 40.9 Å². The van der Waals surface area contributed by atoms with Gasteiger partial charge in [-0.3, -0.25) is 9.59 Å². The summed E-state index contributed by atoms with van der Waals surface area (Å²) in [5.41, 5.74) is 2.72. The number of aryl methyl sites for hydroxylation is 1. The lowest BCUT2D eigenvalue weighted by molar-refractivity contribution is -0.141. The van der Waals surface area contributed by atoms with Crippen LogP contribution in [0.2, 0.25) is 10.0 Å². The second kappa shape index (κ2) is 12.2. The zero-order valence-corrected chi connectivity index (χ0v) is 21.5. The number of rotatable bonds is 10. The molecule has 0 unspecified atom stereocenters. The quantitative estimate of drug-likeness (QED) is 0.382. The smallest absolute Gasteiger partial charge is 0.243 e. The Morgan fingerprint density at radius 2 is 1.67 bits per heavy atom. The summed E-state index contributed by atoms with van der Waals surface area (Å²) in [6.45, 7) is 2.76. The van der Waals surface area contributed by atoms with Gasteiger partial charge >= 0.3 is 0 Å². The second-order valence-electron chi connectivity index (χ2n) is 8.56. The summed E-state index contributed by atoms with van der Waals surface area (Å²) in [7, 11) is 0. The highest BCUT2D eigenvalue weighted by Crippen LogP contribution is 2.33. The summed E-state index contributed by atoms with van der Waals surface area (Å²) in [5, 5.41) is 3.74. The molecular formula is C28H28Cl2N2O4. The minimum absolute atomic E-state index is 0.133. The van der Waals surface area contributed by atoms with Gasteiger partial charge in [-0.15, -0.1) is 0 Å². The zero-order chi connectivity index (χ0) is 25.5. The fraction of sp³-hybridized carbons (Fsp3) is 0.286. The number of likely N-dealkylation sites (N-methyl/N-ethyl adjacent to an activating group) is 1. The summed E-state index contributed by atoms with van der Waals surface area (Å²) >= 11 is 12.4. The van der Waals surface area contributed by atoms with Crippen LogP contribution in [0.15, 0.2) is 66.7 Å². The number of ether oxygens (including phenoxy) is 2. The molecule has 0 spiro atoms. The van der Waals surface area contributed by atoms with Crippen LogP contribution < -0.4 is 14.8 Å². The average Bonchev–Trinajstić information content (AvgIpc) is 3.35. The molecule has 2 amide bonds. The standard InChI is InChI=1S/C28H28Cl2N2O4/c1-2-31-28(34)24(15-19-6-4-3-5-7-19)32(17-21-8-11-22(29)23(30)14-21)27(33)13-10-20-9-12-25-26(16-20)36-18-35-25/h3-9,11-12,14,16,24H,2,10,13,15,17-18H2,1H3,(H,31,34)/t24-/m0/s1. The van der Waals surface area contributed by atoms with Gasteiger partial charge in [0.2, 0.25) is 18.6 Å². The predicted octanol–water partition coefficient (Wildman–Crippen LogP) is 5.43. The number of amides is 2. The van der Waals surface area contributed by atoms with E-state index >= 15 is 0 Å². The highest BCUT2D eigenvalue weighted by atomic mass is 35.5. The Labute approximate surface area is 221 Å². The number of carbonyl (C=O) groups excluding carboxylic acids is 2. The molecule has 0 aliphatic carbocycles. The van der Waals surface area contributed by atoms with Crippen molar-refractivity contribution < 1.29 is 19.1 Å². The number of nitrogens with one attached hydrogen (secondary N) is 1. The van der Waals surface area contributed by atoms with Crippen molar-refractivity contribution >= 4 is 35.0 Å². The van der Waals surface area contributed by atoms with Crippen molar-refractivity contribution in [1.82, 2.24) is 10.2 Å². The monoisotopic (exact) mass is 526 g/mol. The summed E-state index contributed by atoms with van der Waals surface area (Å²) in [4.78, 5) is 28.5. The van der Waals surface area contributed by atoms with Crippen molar-refractivity contribution in [1.29, 1.82) is 0 Å². The Hall–Kier alpha value is -3.22. The number of hydrogen-bond acceptors (Lipinski definition) is 4. The number of carbonyl (C=O) groups is 2. The number of benzene rings is 3. The molecule has 1 heterocycles. The van der Waals surface area contributed by atoms with E-state index < -0.39 is 6.04 Å². The predicted molar refractivity (Wildman–Crippen MR) is 141 cm³/mol. The second-order valence-corrected chi connectivity index (χ2v) is 9.37. The van der Waals surface area contributed by atoms with Crippen molar-refractivity contribution in [2.75, 3.05) is 13.3 Å². The van der Waals surface area contributed by atoms with Gasteiger partial charge in [-0.25, -0.2) is 0 Å². The van der Waals surface area contributed by atoms with Gasteiger partial charge in [0.15, 0.2) is 11.5 Å². The molecule has 0 saturated carbocycles. The summed E-state index contributed by atoms with van der Waals surface area (Å²) in [5.74, 6) is 1.05. The normalized spacial score (nSPS) is 12.8. The van der Waals surface area contributed by atoms with Gasteiger partial charge in [0.1, 0.15) is 6.04 Å². The molecule has 6 nitrogen and oxygen atoms in total. The third-order valence-electron chi connectivity index (χ3n) is 6.02. The third kappa shape index (κ3) is 6.50. The molecule has 0 aromatic heterocycles. The molecule has 0 bridgehead atoms. The molecular weight excluding hydrogens is 499 g/mol. The minimum Gasteiger partial charge on any atom is -0.454 e. The van der Waals surface area contributed by atoms with E-state index in [2.05, 4.69) is 5.32 Å². The summed E-state index contributed by atoms with van der Waals surface area (Å²) < 4.78 is 10.8. The van der Waals surface area contributed by atoms with Crippen molar-refractivity contribution in [3.63, 3.8) is 0 Å². The lowest BCUT2D eigenvalue weighted by Gasteiger charge is -2.31. The van der Waals surface area contributed by atoms with Crippen LogP contribution >= 0.6 is 23.2 Å². The minimum atomic E-state index is -0.689. The molecule has 1 aliphatic rings. The van der Waals surface area contributed by atoms with Gasteiger partial charge in [-0.05, 0) is 54.3 Å². The zero-order valence-electron chi connectivity index (χ0n) is 20.0. The molecule has 4 rings (SSSR count). The summed E-state index contributed by atoms with van der Waals surface area (Å²) in [6, 6.07) is 19.9. The first-order chi connectivity index (χ1) is 17.4. The molecule has 0 radical (unpaired) electrons. The van der Waals surface area contributed by atoms with Crippen molar-refractivity contribution in [3.8, 4) is 11.5 Å². The molecule has 36 heavy (non-hydrogen) atoms. The average molecular weight is 527 g/mol. The Balaban J connectivity index is 1.59. The van der Waals surface area contributed by atoms with Gasteiger partial charge < -0.3 is 19.7 Å². The van der Waals surface area contributed by atoms with Gasteiger partial charge in [0.25, 0.3) is 0 Å². The van der Waals surface area contributed by atoms with E-state index in [9.17, 15) is 9.59 Å². The van der Waals surface area contributed by atoms with Crippen LogP contribution in [-0.2, 0) is 29.0 Å². The highest BCUT2D eigenvalue weighted by molar-refractivity contribution is 6.42. The van der Waals surface area contributed by atoms with E-state index in [4.69, 9.17) is 32.7 Å². The molecule has 0 fully saturated rings. The Morgan fingerprint density at radius 1 is 0.917 bits per heavy atom. The van der Waals surface area contributed by atoms with Crippen LogP contribution in [0.3, 0.4) is 0 Å². The Bertz CT molecular complexity index is 1220. The SMILES string of the molecule is CCNC(=O)[C@H](Cc1ccccc1)N(Cc1ccc(Cl)c(Cl)c1)C(=O)CCc1ccc2c(c1)OCO2. The molecule has 1 aliphatic heterocycles. The van der Waals surface area contributed by atoms with Gasteiger partial charge in [0, 0.05) is 25.9 Å². The maximum absolute atomic E-state index is 13.7. The fourth-order valence-corrected chi connectivity index (χ4v) is 4.49. The van der Waals surface area contributed by atoms with Crippen LogP contribution in [0.1, 0.15) is 30.0 Å². The van der Waals surface area contributed by atoms with Crippen molar-refractivity contribution in [2.45, 2.75) is 38.8 Å². The van der Waals surface area contributed by atoms with E-state index in [1.54, 1.807) is 17.0 Å². The number of nitrogens with zero attached hydrogens (tertiary/aromatic N) is 1. The molecule has 1 atom stereocenters. The lowest BCUT2D eigenvalue weighted by Crippen LogP contribution is -2.50. The van der Waals surface area contributed by atoms with Crippen molar-refractivity contribution in [2.24, 2.45) is 0 Å². The van der Waals surface area contributed by atoms with Crippen LogP contribution in [-0.4, -0.2) is 36.1 Å². The lowest BCUT2D eigenvalue weighted by atomic mass is 10.0. The first-order valence-electron chi connectivity index (χ1n) is 11.9. The van der Waals surface area contributed by atoms with E-state index in [1.807, 2.05) is 61.5 Å². The highest BCUT2D eigenvalue weighted by Gasteiger charge is 2.30. The molecule has 8 heteroatoms. The van der Waals surface area contributed by atoms with Gasteiger partial charge in [-0.1, -0.05) is 65.7 Å². The first-order valence-corrected chi connectivity index (χ1v) is 12.6. The van der Waals surface area contributed by atoms with E-state index in [-0.39, 0.29) is 31.6 Å². The molecule has 0 saturated heterocycles. The Kier molecular flexibility index (Phi) is 8.73. The van der Waals surface area contributed by atoms with Gasteiger partial charge in [-0.2, -0.15) is 0 Å². The van der Waals surface area contributed by atoms with E-state index in [0.717, 1.165) is 16.7 Å². The maximum atomic E-state index is 13.7. The maximum Gasteiger partial charge on any atom is 0.243 e. The number of hydrogen-bond donors (Lipinski definition) is 1.